The molecule has 150 valence electrons. The number of aryl methyl sites for hydroxylation is 2. The molecule has 2 heterocycles. The van der Waals surface area contributed by atoms with E-state index in [4.69, 9.17) is 4.98 Å². The minimum Gasteiger partial charge on any atom is -0.341 e. The van der Waals surface area contributed by atoms with E-state index < -0.39 is 8.07 Å². The lowest BCUT2D eigenvalue weighted by molar-refractivity contribution is 0.796. The lowest BCUT2D eigenvalue weighted by atomic mass is 10.0. The molecule has 0 amide bonds. The second-order valence-electron chi connectivity index (χ2n) is 9.07. The highest BCUT2D eigenvalue weighted by Crippen LogP contribution is 2.32. The van der Waals surface area contributed by atoms with Gasteiger partial charge in [0, 0.05) is 40.1 Å². The van der Waals surface area contributed by atoms with Gasteiger partial charge in [-0.2, -0.15) is 0 Å². The first-order valence-electron chi connectivity index (χ1n) is 10.9. The summed E-state index contributed by atoms with van der Waals surface area (Å²) >= 11 is 0. The van der Waals surface area contributed by atoms with Crippen LogP contribution in [-0.2, 0) is 13.0 Å². The van der Waals surface area contributed by atoms with Crippen molar-refractivity contribution in [3.8, 4) is 11.3 Å². The molecular weight excluding hydrogens is 368 g/mol. The van der Waals surface area contributed by atoms with Gasteiger partial charge < -0.3 is 4.57 Å². The van der Waals surface area contributed by atoms with Crippen LogP contribution >= 0.6 is 0 Å². The first-order chi connectivity index (χ1) is 13.9. The second kappa shape index (κ2) is 7.79. The lowest BCUT2D eigenvalue weighted by Crippen LogP contribution is -2.40. The standard InChI is InChI=1S/C26H32N2Si/c1-6-8-11-20-17-23(27-18-26(20)29(3,4)5)19-14-15-25-22(16-19)21-12-9-10-13-24(21)28(25)7-2/h9-10,12-18H,6-8,11H2,1-5H3. The summed E-state index contributed by atoms with van der Waals surface area (Å²) in [5.41, 5.74) is 6.45. The summed E-state index contributed by atoms with van der Waals surface area (Å²) in [6.45, 7) is 12.7. The molecule has 29 heavy (non-hydrogen) atoms. The highest BCUT2D eigenvalue weighted by molar-refractivity contribution is 6.89. The van der Waals surface area contributed by atoms with E-state index in [1.165, 1.54) is 51.0 Å². The van der Waals surface area contributed by atoms with Gasteiger partial charge in [0.05, 0.1) is 13.8 Å². The van der Waals surface area contributed by atoms with Crippen molar-refractivity contribution in [3.63, 3.8) is 0 Å². The summed E-state index contributed by atoms with van der Waals surface area (Å²) in [6.07, 6.45) is 5.80. The zero-order valence-electron chi connectivity index (χ0n) is 18.4. The number of hydrogen-bond acceptors (Lipinski definition) is 1. The van der Waals surface area contributed by atoms with E-state index >= 15 is 0 Å². The fourth-order valence-corrected chi connectivity index (χ4v) is 6.07. The fourth-order valence-electron chi connectivity index (χ4n) is 4.46. The van der Waals surface area contributed by atoms with Crippen molar-refractivity contribution < 1.29 is 0 Å². The Hall–Kier alpha value is -2.39. The molecule has 2 aromatic heterocycles. The molecule has 3 heteroatoms. The van der Waals surface area contributed by atoms with Crippen LogP contribution in [0.3, 0.4) is 0 Å². The molecule has 0 N–H and O–H groups in total. The molecule has 0 radical (unpaired) electrons. The van der Waals surface area contributed by atoms with Gasteiger partial charge in [0.2, 0.25) is 0 Å². The smallest absolute Gasteiger partial charge is 0.0799 e. The monoisotopic (exact) mass is 400 g/mol. The topological polar surface area (TPSA) is 17.8 Å². The number of unbranched alkanes of at least 4 members (excludes halogenated alkanes) is 1. The average Bonchev–Trinajstić information content (AvgIpc) is 3.04. The molecule has 4 rings (SSSR count). The van der Waals surface area contributed by atoms with E-state index in [0.717, 1.165) is 18.7 Å². The van der Waals surface area contributed by atoms with E-state index in [9.17, 15) is 0 Å². The summed E-state index contributed by atoms with van der Waals surface area (Å²) in [7, 11) is -1.40. The molecule has 4 aromatic rings. The SMILES string of the molecule is CCCCc1cc(-c2ccc3c(c2)c2ccccc2n3CC)ncc1[Si](C)(C)C. The van der Waals surface area contributed by atoms with Gasteiger partial charge in [-0.1, -0.05) is 57.3 Å². The summed E-state index contributed by atoms with van der Waals surface area (Å²) in [5.74, 6) is 0. The molecule has 0 fully saturated rings. The Kier molecular flexibility index (Phi) is 5.35. The molecule has 2 nitrogen and oxygen atoms in total. The number of rotatable bonds is 6. The van der Waals surface area contributed by atoms with Gasteiger partial charge in [-0.05, 0) is 54.8 Å². The molecule has 0 aliphatic carbocycles. The Bertz CT molecular complexity index is 1160. The molecule has 2 aromatic carbocycles. The number of benzene rings is 2. The van der Waals surface area contributed by atoms with E-state index in [-0.39, 0.29) is 0 Å². The summed E-state index contributed by atoms with van der Waals surface area (Å²) in [5, 5.41) is 4.17. The molecule has 0 bridgehead atoms. The highest BCUT2D eigenvalue weighted by Gasteiger charge is 2.21. The minimum absolute atomic E-state index is 0.980. The van der Waals surface area contributed by atoms with Crippen LogP contribution in [0.25, 0.3) is 33.1 Å². The maximum Gasteiger partial charge on any atom is 0.0799 e. The van der Waals surface area contributed by atoms with Crippen molar-refractivity contribution in [2.24, 2.45) is 0 Å². The van der Waals surface area contributed by atoms with E-state index in [2.05, 4.69) is 92.8 Å². The van der Waals surface area contributed by atoms with Crippen molar-refractivity contribution in [3.05, 3.63) is 60.3 Å². The second-order valence-corrected chi connectivity index (χ2v) is 14.1. The van der Waals surface area contributed by atoms with Gasteiger partial charge in [0.25, 0.3) is 0 Å². The van der Waals surface area contributed by atoms with Crippen LogP contribution in [0.15, 0.2) is 54.7 Å². The van der Waals surface area contributed by atoms with E-state index in [1.807, 2.05) is 0 Å². The molecular formula is C26H32N2Si. The van der Waals surface area contributed by atoms with Crippen molar-refractivity contribution >= 4 is 35.1 Å². The maximum absolute atomic E-state index is 4.93. The normalized spacial score (nSPS) is 12.2. The third-order valence-electron chi connectivity index (χ3n) is 5.98. The number of pyridine rings is 1. The van der Waals surface area contributed by atoms with Crippen LogP contribution in [0.4, 0.5) is 0 Å². The predicted molar refractivity (Wildman–Crippen MR) is 130 cm³/mol. The zero-order chi connectivity index (χ0) is 20.6. The Morgan fingerprint density at radius 1 is 0.897 bits per heavy atom. The van der Waals surface area contributed by atoms with Crippen LogP contribution in [-0.4, -0.2) is 17.6 Å². The molecule has 0 saturated carbocycles. The lowest BCUT2D eigenvalue weighted by Gasteiger charge is -2.21. The molecule has 0 spiro atoms. The quantitative estimate of drug-likeness (QED) is 0.327. The van der Waals surface area contributed by atoms with Crippen molar-refractivity contribution in [1.29, 1.82) is 0 Å². The van der Waals surface area contributed by atoms with Crippen LogP contribution in [0.5, 0.6) is 0 Å². The van der Waals surface area contributed by atoms with Crippen molar-refractivity contribution in [1.82, 2.24) is 9.55 Å². The van der Waals surface area contributed by atoms with Crippen molar-refractivity contribution in [2.45, 2.75) is 59.3 Å². The molecule has 0 atom stereocenters. The van der Waals surface area contributed by atoms with E-state index in [1.54, 1.807) is 0 Å². The van der Waals surface area contributed by atoms with Gasteiger partial charge in [-0.25, -0.2) is 0 Å². The highest BCUT2D eigenvalue weighted by atomic mass is 28.3. The van der Waals surface area contributed by atoms with Crippen LogP contribution < -0.4 is 5.19 Å². The Morgan fingerprint density at radius 2 is 1.66 bits per heavy atom. The Balaban J connectivity index is 1.87. The molecule has 0 saturated heterocycles. The Labute approximate surface area is 175 Å². The van der Waals surface area contributed by atoms with Crippen LogP contribution in [0.1, 0.15) is 32.3 Å². The van der Waals surface area contributed by atoms with E-state index in [0.29, 0.717) is 0 Å². The molecule has 0 unspecified atom stereocenters. The first kappa shape index (κ1) is 19.9. The molecule has 0 aliphatic heterocycles. The van der Waals surface area contributed by atoms with Gasteiger partial charge >= 0.3 is 0 Å². The van der Waals surface area contributed by atoms with Gasteiger partial charge in [0.15, 0.2) is 0 Å². The molecule has 0 aliphatic rings. The first-order valence-corrected chi connectivity index (χ1v) is 14.4. The van der Waals surface area contributed by atoms with Crippen LogP contribution in [0.2, 0.25) is 19.6 Å². The number of fused-ring (bicyclic) bond motifs is 3. The summed E-state index contributed by atoms with van der Waals surface area (Å²) in [6, 6.07) is 17.9. The minimum atomic E-state index is -1.40. The van der Waals surface area contributed by atoms with Crippen molar-refractivity contribution in [2.75, 3.05) is 0 Å². The summed E-state index contributed by atoms with van der Waals surface area (Å²) in [4.78, 5) is 4.93. The largest absolute Gasteiger partial charge is 0.341 e. The predicted octanol–water partition coefficient (Wildman–Crippen LogP) is 6.76. The Morgan fingerprint density at radius 3 is 2.38 bits per heavy atom. The fraction of sp³-hybridized carbons (Fsp3) is 0.346. The number of para-hydroxylation sites is 1. The maximum atomic E-state index is 4.93. The third kappa shape index (κ3) is 3.64. The third-order valence-corrected chi connectivity index (χ3v) is 8.05. The number of nitrogens with zero attached hydrogens (tertiary/aromatic N) is 2. The zero-order valence-corrected chi connectivity index (χ0v) is 19.4. The number of aromatic nitrogens is 2. The number of hydrogen-bond donors (Lipinski definition) is 0. The van der Waals surface area contributed by atoms with Crippen LogP contribution in [0, 0.1) is 0 Å². The van der Waals surface area contributed by atoms with Gasteiger partial charge in [-0.15, -0.1) is 0 Å². The average molecular weight is 401 g/mol. The van der Waals surface area contributed by atoms with Gasteiger partial charge in [-0.3, -0.25) is 4.98 Å². The van der Waals surface area contributed by atoms with Gasteiger partial charge in [0.1, 0.15) is 0 Å². The summed E-state index contributed by atoms with van der Waals surface area (Å²) < 4.78 is 2.41.